The van der Waals surface area contributed by atoms with Crippen molar-refractivity contribution in [1.82, 2.24) is 5.32 Å². The molecule has 1 amide bonds. The van der Waals surface area contributed by atoms with Gasteiger partial charge in [-0.25, -0.2) is 9.59 Å². The largest absolute Gasteiger partial charge is 0.480 e. The maximum atomic E-state index is 12.5. The number of aliphatic carboxylic acids is 1. The molecule has 28 heavy (non-hydrogen) atoms. The van der Waals surface area contributed by atoms with Gasteiger partial charge >= 0.3 is 11.6 Å². The first-order valence-electron chi connectivity index (χ1n) is 9.48. The standard InChI is InChI=1S/C21H25NO6/c1-10(2)18(20(24)25)22-19(23)12(4)27-15-8-11(3)9-16-17(15)13-6-5-7-14(13)21(26)28-16/h8-10,12,18H,5-7H2,1-4H3,(H,22,23)(H,24,25)/t12?,18-/m0/s1. The second kappa shape index (κ2) is 7.66. The van der Waals surface area contributed by atoms with E-state index in [9.17, 15) is 19.5 Å². The second-order valence-corrected chi connectivity index (χ2v) is 7.66. The number of benzene rings is 1. The van der Waals surface area contributed by atoms with Crippen molar-refractivity contribution < 1.29 is 23.8 Å². The second-order valence-electron chi connectivity index (χ2n) is 7.66. The van der Waals surface area contributed by atoms with Gasteiger partial charge < -0.3 is 19.6 Å². The van der Waals surface area contributed by atoms with Gasteiger partial charge in [-0.3, -0.25) is 4.79 Å². The van der Waals surface area contributed by atoms with E-state index in [4.69, 9.17) is 9.15 Å². The minimum absolute atomic E-state index is 0.258. The van der Waals surface area contributed by atoms with Crippen molar-refractivity contribution in [2.45, 2.75) is 59.1 Å². The summed E-state index contributed by atoms with van der Waals surface area (Å²) in [6, 6.07) is 2.60. The van der Waals surface area contributed by atoms with Crippen molar-refractivity contribution >= 4 is 22.8 Å². The number of carboxylic acid groups (broad SMARTS) is 1. The average Bonchev–Trinajstić information content (AvgIpc) is 3.08. The molecule has 7 nitrogen and oxygen atoms in total. The first-order valence-corrected chi connectivity index (χ1v) is 9.48. The summed E-state index contributed by atoms with van der Waals surface area (Å²) in [5.41, 5.74) is 2.55. The minimum Gasteiger partial charge on any atom is -0.480 e. The fourth-order valence-corrected chi connectivity index (χ4v) is 3.63. The van der Waals surface area contributed by atoms with Crippen LogP contribution in [0.5, 0.6) is 5.75 Å². The van der Waals surface area contributed by atoms with E-state index in [0.717, 1.165) is 29.4 Å². The fraction of sp³-hybridized carbons (Fsp3) is 0.476. The van der Waals surface area contributed by atoms with Crippen LogP contribution in [-0.4, -0.2) is 29.1 Å². The molecule has 1 unspecified atom stereocenters. The zero-order chi connectivity index (χ0) is 20.6. The van der Waals surface area contributed by atoms with Gasteiger partial charge in [-0.2, -0.15) is 0 Å². The highest BCUT2D eigenvalue weighted by molar-refractivity contribution is 5.90. The molecular weight excluding hydrogens is 362 g/mol. The lowest BCUT2D eigenvalue weighted by Gasteiger charge is -2.22. The predicted molar refractivity (Wildman–Crippen MR) is 104 cm³/mol. The van der Waals surface area contributed by atoms with Gasteiger partial charge in [0.25, 0.3) is 5.91 Å². The Bertz CT molecular complexity index is 991. The van der Waals surface area contributed by atoms with Crippen molar-refractivity contribution in [3.63, 3.8) is 0 Å². The Hall–Kier alpha value is -2.83. The number of fused-ring (bicyclic) bond motifs is 3. The Balaban J connectivity index is 1.94. The third kappa shape index (κ3) is 3.74. The Morgan fingerprint density at radius 3 is 2.50 bits per heavy atom. The molecule has 1 aromatic heterocycles. The lowest BCUT2D eigenvalue weighted by atomic mass is 10.0. The van der Waals surface area contributed by atoms with Gasteiger partial charge in [-0.15, -0.1) is 0 Å². The lowest BCUT2D eigenvalue weighted by molar-refractivity contribution is -0.144. The zero-order valence-electron chi connectivity index (χ0n) is 16.5. The van der Waals surface area contributed by atoms with Crippen molar-refractivity contribution in [2.75, 3.05) is 0 Å². The maximum Gasteiger partial charge on any atom is 0.339 e. The van der Waals surface area contributed by atoms with Crippen LogP contribution in [-0.2, 0) is 22.4 Å². The number of hydrogen-bond donors (Lipinski definition) is 2. The number of carbonyl (C=O) groups is 2. The first kappa shape index (κ1) is 19.9. The van der Waals surface area contributed by atoms with Gasteiger partial charge in [0, 0.05) is 5.56 Å². The summed E-state index contributed by atoms with van der Waals surface area (Å²) in [6.07, 6.45) is 1.39. The van der Waals surface area contributed by atoms with E-state index < -0.39 is 24.0 Å². The van der Waals surface area contributed by atoms with E-state index in [1.807, 2.05) is 13.0 Å². The van der Waals surface area contributed by atoms with Crippen molar-refractivity contribution in [1.29, 1.82) is 0 Å². The van der Waals surface area contributed by atoms with Crippen LogP contribution >= 0.6 is 0 Å². The highest BCUT2D eigenvalue weighted by Crippen LogP contribution is 2.35. The summed E-state index contributed by atoms with van der Waals surface area (Å²) in [6.45, 7) is 6.87. The summed E-state index contributed by atoms with van der Waals surface area (Å²) in [7, 11) is 0. The van der Waals surface area contributed by atoms with E-state index >= 15 is 0 Å². The zero-order valence-corrected chi connectivity index (χ0v) is 16.5. The highest BCUT2D eigenvalue weighted by atomic mass is 16.5. The molecule has 0 spiro atoms. The summed E-state index contributed by atoms with van der Waals surface area (Å²) in [5, 5.41) is 12.5. The molecule has 1 aliphatic rings. The Labute approximate surface area is 162 Å². The average molecular weight is 387 g/mol. The van der Waals surface area contributed by atoms with Gasteiger partial charge in [0.1, 0.15) is 17.4 Å². The molecule has 0 radical (unpaired) electrons. The van der Waals surface area contributed by atoms with E-state index in [2.05, 4.69) is 5.32 Å². The number of nitrogens with one attached hydrogen (secondary N) is 1. The van der Waals surface area contributed by atoms with Gasteiger partial charge in [-0.1, -0.05) is 13.8 Å². The van der Waals surface area contributed by atoms with E-state index in [1.54, 1.807) is 26.8 Å². The van der Waals surface area contributed by atoms with Crippen LogP contribution in [0.4, 0.5) is 0 Å². The van der Waals surface area contributed by atoms with E-state index in [0.29, 0.717) is 23.3 Å². The Morgan fingerprint density at radius 1 is 1.18 bits per heavy atom. The number of carboxylic acids is 1. The summed E-state index contributed by atoms with van der Waals surface area (Å²) in [4.78, 5) is 36.0. The van der Waals surface area contributed by atoms with Gasteiger partial charge in [-0.05, 0) is 62.3 Å². The number of carbonyl (C=O) groups excluding carboxylic acids is 1. The summed E-state index contributed by atoms with van der Waals surface area (Å²) >= 11 is 0. The van der Waals surface area contributed by atoms with Crippen LogP contribution in [0, 0.1) is 12.8 Å². The number of amides is 1. The molecule has 0 saturated carbocycles. The molecule has 2 atom stereocenters. The monoisotopic (exact) mass is 387 g/mol. The third-order valence-electron chi connectivity index (χ3n) is 5.08. The molecule has 1 aliphatic carbocycles. The Kier molecular flexibility index (Phi) is 5.45. The smallest absolute Gasteiger partial charge is 0.339 e. The fourth-order valence-electron chi connectivity index (χ4n) is 3.63. The molecule has 0 aliphatic heterocycles. The number of rotatable bonds is 6. The molecule has 7 heteroatoms. The lowest BCUT2D eigenvalue weighted by Crippen LogP contribution is -2.48. The minimum atomic E-state index is -1.09. The van der Waals surface area contributed by atoms with Crippen molar-refractivity contribution in [3.8, 4) is 5.75 Å². The number of aryl methyl sites for hydroxylation is 2. The maximum absolute atomic E-state index is 12.5. The molecule has 0 saturated heterocycles. The molecule has 1 heterocycles. The number of ether oxygens (including phenoxy) is 1. The van der Waals surface area contributed by atoms with Crippen LogP contribution in [0.2, 0.25) is 0 Å². The topological polar surface area (TPSA) is 106 Å². The van der Waals surface area contributed by atoms with Crippen molar-refractivity contribution in [2.24, 2.45) is 5.92 Å². The summed E-state index contributed by atoms with van der Waals surface area (Å²) in [5.74, 6) is -1.39. The Morgan fingerprint density at radius 2 is 1.86 bits per heavy atom. The van der Waals surface area contributed by atoms with E-state index in [-0.39, 0.29) is 11.5 Å². The van der Waals surface area contributed by atoms with E-state index in [1.165, 1.54) is 0 Å². The number of hydrogen-bond acceptors (Lipinski definition) is 5. The van der Waals surface area contributed by atoms with Crippen LogP contribution in [0.3, 0.4) is 0 Å². The van der Waals surface area contributed by atoms with Crippen LogP contribution in [0.15, 0.2) is 21.3 Å². The first-order chi connectivity index (χ1) is 13.2. The quantitative estimate of drug-likeness (QED) is 0.738. The van der Waals surface area contributed by atoms with Crippen LogP contribution in [0.1, 0.15) is 43.9 Å². The molecule has 1 aromatic carbocycles. The molecule has 0 fully saturated rings. The van der Waals surface area contributed by atoms with Gasteiger partial charge in [0.2, 0.25) is 0 Å². The third-order valence-corrected chi connectivity index (χ3v) is 5.08. The van der Waals surface area contributed by atoms with Crippen molar-refractivity contribution in [3.05, 3.63) is 39.2 Å². The van der Waals surface area contributed by atoms with Gasteiger partial charge in [0.15, 0.2) is 6.10 Å². The van der Waals surface area contributed by atoms with Gasteiger partial charge in [0.05, 0.1) is 5.39 Å². The van der Waals surface area contributed by atoms with Crippen LogP contribution < -0.4 is 15.7 Å². The predicted octanol–water partition coefficient (Wildman–Crippen LogP) is 2.58. The molecule has 2 N–H and O–H groups in total. The SMILES string of the molecule is Cc1cc(OC(C)C(=O)N[C@H](C(=O)O)C(C)C)c2c3c(c(=O)oc2c1)CCC3. The molecule has 3 rings (SSSR count). The van der Waals surface area contributed by atoms with Crippen LogP contribution in [0.25, 0.3) is 11.0 Å². The summed E-state index contributed by atoms with van der Waals surface area (Å²) < 4.78 is 11.4. The molecule has 2 aromatic rings. The molecule has 0 bridgehead atoms. The molecular formula is C21H25NO6. The normalized spacial score (nSPS) is 15.3. The molecule has 150 valence electrons. The highest BCUT2D eigenvalue weighted by Gasteiger charge is 2.28.